The van der Waals surface area contributed by atoms with E-state index >= 15 is 0 Å². The summed E-state index contributed by atoms with van der Waals surface area (Å²) in [6.07, 6.45) is 4.82. The molecular formula is C28H37N5O6. The Kier molecular flexibility index (Phi) is 7.88. The standard InChI is InChI=1S/C28H37N5O6/c1-16(29-2)24(34)31-21-9-4-3-8-19-10-11-22(33(19)27(21)37)25(35)30-14-17-6-5-7-18(12-17)26(36)32-15-20-13-23(32)28(38)39-20/h5-7,12,16,19-23,29H,3-4,8-11,13-15H2,1-2H3,(H,30,35)(H,31,34)/t16?,19-,20-,21-,22-,23-/m0/s1. The molecule has 0 radical (unpaired) electrons. The maximum Gasteiger partial charge on any atom is 0.329 e. The molecule has 4 amide bonds. The van der Waals surface area contributed by atoms with Crippen LogP contribution in [-0.2, 0) is 30.5 Å². The van der Waals surface area contributed by atoms with Gasteiger partial charge in [-0.15, -0.1) is 0 Å². The Morgan fingerprint density at radius 3 is 2.64 bits per heavy atom. The molecule has 1 aromatic rings. The van der Waals surface area contributed by atoms with Gasteiger partial charge in [0.05, 0.1) is 12.6 Å². The summed E-state index contributed by atoms with van der Waals surface area (Å²) in [5.41, 5.74) is 1.21. The predicted molar refractivity (Wildman–Crippen MR) is 140 cm³/mol. The van der Waals surface area contributed by atoms with Gasteiger partial charge >= 0.3 is 5.97 Å². The van der Waals surface area contributed by atoms with Crippen LogP contribution in [0.3, 0.4) is 0 Å². The van der Waals surface area contributed by atoms with Gasteiger partial charge in [0.1, 0.15) is 24.2 Å². The van der Waals surface area contributed by atoms with E-state index in [4.69, 9.17) is 4.74 Å². The number of ether oxygens (including phenoxy) is 1. The normalized spacial score (nSPS) is 28.8. The highest BCUT2D eigenvalue weighted by Crippen LogP contribution is 2.32. The zero-order valence-corrected chi connectivity index (χ0v) is 22.5. The van der Waals surface area contributed by atoms with Gasteiger partial charge in [-0.05, 0) is 57.4 Å². The van der Waals surface area contributed by atoms with Crippen molar-refractivity contribution in [1.82, 2.24) is 25.8 Å². The lowest BCUT2D eigenvalue weighted by atomic mass is 9.98. The van der Waals surface area contributed by atoms with Crippen molar-refractivity contribution in [2.45, 2.75) is 94.7 Å². The van der Waals surface area contributed by atoms with E-state index in [0.29, 0.717) is 31.4 Å². The van der Waals surface area contributed by atoms with Crippen molar-refractivity contribution in [1.29, 1.82) is 0 Å². The summed E-state index contributed by atoms with van der Waals surface area (Å²) in [4.78, 5) is 67.6. The summed E-state index contributed by atoms with van der Waals surface area (Å²) < 4.78 is 5.18. The van der Waals surface area contributed by atoms with Gasteiger partial charge in [0.25, 0.3) is 5.91 Å². The number of amides is 4. The maximum atomic E-state index is 13.6. The van der Waals surface area contributed by atoms with Gasteiger partial charge < -0.3 is 30.5 Å². The van der Waals surface area contributed by atoms with Crippen LogP contribution in [0.15, 0.2) is 24.3 Å². The predicted octanol–water partition coefficient (Wildman–Crippen LogP) is 0.469. The largest absolute Gasteiger partial charge is 0.459 e. The number of hydrogen-bond donors (Lipinski definition) is 3. The number of nitrogens with zero attached hydrogens (tertiary/aromatic N) is 2. The summed E-state index contributed by atoms with van der Waals surface area (Å²) in [5.74, 6) is -1.24. The molecule has 0 aromatic heterocycles. The van der Waals surface area contributed by atoms with Crippen LogP contribution >= 0.6 is 0 Å². The number of benzene rings is 1. The highest BCUT2D eigenvalue weighted by molar-refractivity contribution is 5.98. The molecular weight excluding hydrogens is 502 g/mol. The van der Waals surface area contributed by atoms with Crippen LogP contribution in [0.2, 0.25) is 0 Å². The van der Waals surface area contributed by atoms with Crippen LogP contribution in [0.5, 0.6) is 0 Å². The maximum absolute atomic E-state index is 13.6. The summed E-state index contributed by atoms with van der Waals surface area (Å²) in [6.45, 7) is 2.35. The molecule has 4 fully saturated rings. The van der Waals surface area contributed by atoms with E-state index < -0.39 is 24.2 Å². The molecule has 0 aliphatic carbocycles. The number of likely N-dealkylation sites (N-methyl/N-ethyl adjacent to an activating group) is 1. The third-order valence-electron chi connectivity index (χ3n) is 8.50. The zero-order chi connectivity index (χ0) is 27.7. The van der Waals surface area contributed by atoms with Crippen LogP contribution in [-0.4, -0.2) is 89.3 Å². The first-order valence-electron chi connectivity index (χ1n) is 13.9. The molecule has 3 N–H and O–H groups in total. The van der Waals surface area contributed by atoms with Gasteiger partial charge in [-0.25, -0.2) is 4.79 Å². The highest BCUT2D eigenvalue weighted by Gasteiger charge is 2.48. The van der Waals surface area contributed by atoms with Gasteiger partial charge in [0.2, 0.25) is 17.7 Å². The average molecular weight is 540 g/mol. The summed E-state index contributed by atoms with van der Waals surface area (Å²) in [5, 5.41) is 8.73. The van der Waals surface area contributed by atoms with Gasteiger partial charge in [0.15, 0.2) is 0 Å². The average Bonchev–Trinajstić information content (AvgIpc) is 3.65. The molecule has 210 valence electrons. The SMILES string of the molecule is CNC(C)C(=O)N[C@H]1CCCC[C@H]2CC[C@@H](C(=O)NCc3cccc(C(=O)N4C[C@@H]5C[C@H]4C(=O)O5)c3)N2C1=O. The van der Waals surface area contributed by atoms with Crippen molar-refractivity contribution in [2.24, 2.45) is 0 Å². The Bertz CT molecular complexity index is 1160. The summed E-state index contributed by atoms with van der Waals surface area (Å²) in [6, 6.07) is 4.81. The lowest BCUT2D eigenvalue weighted by Gasteiger charge is -2.35. The number of carbonyl (C=O) groups excluding carboxylic acids is 5. The first kappa shape index (κ1) is 27.1. The number of hydrogen-bond acceptors (Lipinski definition) is 7. The Hall–Kier alpha value is -3.47. The van der Waals surface area contributed by atoms with Crippen molar-refractivity contribution < 1.29 is 28.7 Å². The zero-order valence-electron chi connectivity index (χ0n) is 22.5. The number of esters is 1. The van der Waals surface area contributed by atoms with Crippen LogP contribution in [0.1, 0.15) is 67.8 Å². The molecule has 0 spiro atoms. The molecule has 1 unspecified atom stereocenters. The van der Waals surface area contributed by atoms with Gasteiger partial charge in [-0.2, -0.15) is 0 Å². The van der Waals surface area contributed by atoms with E-state index in [1.54, 1.807) is 42.0 Å². The molecule has 4 aliphatic heterocycles. The Balaban J connectivity index is 1.22. The summed E-state index contributed by atoms with van der Waals surface area (Å²) >= 11 is 0. The van der Waals surface area contributed by atoms with E-state index in [1.165, 1.54) is 0 Å². The minimum Gasteiger partial charge on any atom is -0.459 e. The number of nitrogens with one attached hydrogen (secondary N) is 3. The fourth-order valence-electron chi connectivity index (χ4n) is 6.21. The Labute approximate surface area is 228 Å². The lowest BCUT2D eigenvalue weighted by molar-refractivity contribution is -0.149. The molecule has 0 saturated carbocycles. The fraction of sp³-hybridized carbons (Fsp3) is 0.607. The monoisotopic (exact) mass is 539 g/mol. The smallest absolute Gasteiger partial charge is 0.329 e. The topological polar surface area (TPSA) is 137 Å². The quantitative estimate of drug-likeness (QED) is 0.429. The molecule has 5 rings (SSSR count). The first-order valence-corrected chi connectivity index (χ1v) is 13.9. The second-order valence-corrected chi connectivity index (χ2v) is 11.0. The second kappa shape index (κ2) is 11.3. The van der Waals surface area contributed by atoms with E-state index in [0.717, 1.165) is 31.2 Å². The third-order valence-corrected chi connectivity index (χ3v) is 8.50. The molecule has 4 heterocycles. The number of morpholine rings is 1. The van der Waals surface area contributed by atoms with Crippen LogP contribution in [0.4, 0.5) is 0 Å². The van der Waals surface area contributed by atoms with E-state index in [-0.39, 0.29) is 48.3 Å². The Morgan fingerprint density at radius 1 is 1.10 bits per heavy atom. The van der Waals surface area contributed by atoms with Crippen molar-refractivity contribution >= 4 is 29.6 Å². The molecule has 2 bridgehead atoms. The van der Waals surface area contributed by atoms with Crippen molar-refractivity contribution in [3.63, 3.8) is 0 Å². The highest BCUT2D eigenvalue weighted by atomic mass is 16.6. The van der Waals surface area contributed by atoms with Gasteiger partial charge in [-0.3, -0.25) is 19.2 Å². The van der Waals surface area contributed by atoms with Crippen molar-refractivity contribution in [2.75, 3.05) is 13.6 Å². The van der Waals surface area contributed by atoms with Gasteiger partial charge in [0, 0.05) is 24.6 Å². The van der Waals surface area contributed by atoms with Crippen LogP contribution in [0, 0.1) is 0 Å². The van der Waals surface area contributed by atoms with E-state index in [2.05, 4.69) is 16.0 Å². The van der Waals surface area contributed by atoms with Crippen molar-refractivity contribution in [3.8, 4) is 0 Å². The first-order chi connectivity index (χ1) is 18.8. The van der Waals surface area contributed by atoms with Crippen LogP contribution < -0.4 is 16.0 Å². The molecule has 39 heavy (non-hydrogen) atoms. The number of fused-ring (bicyclic) bond motifs is 3. The molecule has 1 aromatic carbocycles. The lowest BCUT2D eigenvalue weighted by Crippen LogP contribution is -2.57. The Morgan fingerprint density at radius 2 is 1.90 bits per heavy atom. The summed E-state index contributed by atoms with van der Waals surface area (Å²) in [7, 11) is 1.69. The van der Waals surface area contributed by atoms with E-state index in [9.17, 15) is 24.0 Å². The van der Waals surface area contributed by atoms with Crippen molar-refractivity contribution in [3.05, 3.63) is 35.4 Å². The number of rotatable bonds is 7. The molecule has 4 saturated heterocycles. The fourth-order valence-corrected chi connectivity index (χ4v) is 6.21. The van der Waals surface area contributed by atoms with Crippen LogP contribution in [0.25, 0.3) is 0 Å². The minimum absolute atomic E-state index is 0.0156. The molecule has 11 heteroatoms. The molecule has 6 atom stereocenters. The minimum atomic E-state index is -0.648. The second-order valence-electron chi connectivity index (χ2n) is 11.0. The molecule has 4 aliphatic rings. The molecule has 11 nitrogen and oxygen atoms in total. The third kappa shape index (κ3) is 5.50. The number of likely N-dealkylation sites (tertiary alicyclic amines) is 1. The van der Waals surface area contributed by atoms with E-state index in [1.807, 2.05) is 6.07 Å². The number of carbonyl (C=O) groups is 5. The van der Waals surface area contributed by atoms with Gasteiger partial charge in [-0.1, -0.05) is 25.0 Å².